The number of hydrogen-bond acceptors (Lipinski definition) is 3. The van der Waals surface area contributed by atoms with Gasteiger partial charge in [0.25, 0.3) is 0 Å². The molecule has 0 aliphatic rings. The van der Waals surface area contributed by atoms with Crippen LogP contribution in [0.2, 0.25) is 5.15 Å². The largest absolute Gasteiger partial charge is 0.393 e. The number of aromatic nitrogens is 1. The van der Waals surface area contributed by atoms with Crippen molar-refractivity contribution in [2.24, 2.45) is 0 Å². The Morgan fingerprint density at radius 3 is 3.07 bits per heavy atom. The van der Waals surface area contributed by atoms with E-state index in [0.29, 0.717) is 11.7 Å². The molecule has 0 bridgehead atoms. The predicted molar refractivity (Wildman–Crippen MR) is 57.3 cm³/mol. The van der Waals surface area contributed by atoms with Gasteiger partial charge >= 0.3 is 0 Å². The molecule has 1 rings (SSSR count). The Bertz CT molecular complexity index is 279. The zero-order valence-electron chi connectivity index (χ0n) is 8.20. The number of pyridine rings is 1. The van der Waals surface area contributed by atoms with Gasteiger partial charge in [0.15, 0.2) is 0 Å². The first-order valence-electron chi connectivity index (χ1n) is 4.68. The quantitative estimate of drug-likeness (QED) is 0.578. The van der Waals surface area contributed by atoms with Gasteiger partial charge in [-0.25, -0.2) is 4.98 Å². The molecule has 0 amide bonds. The molecule has 0 fully saturated rings. The van der Waals surface area contributed by atoms with E-state index in [9.17, 15) is 0 Å². The van der Waals surface area contributed by atoms with Crippen LogP contribution in [-0.4, -0.2) is 22.7 Å². The Kier molecular flexibility index (Phi) is 4.87. The Balaban J connectivity index is 2.28. The molecule has 0 saturated heterocycles. The highest BCUT2D eigenvalue weighted by molar-refractivity contribution is 6.30. The van der Waals surface area contributed by atoms with Crippen LogP contribution in [0.1, 0.15) is 18.9 Å². The van der Waals surface area contributed by atoms with E-state index < -0.39 is 0 Å². The van der Waals surface area contributed by atoms with E-state index in [0.717, 1.165) is 18.5 Å². The van der Waals surface area contributed by atoms with E-state index in [2.05, 4.69) is 10.3 Å². The van der Waals surface area contributed by atoms with Crippen LogP contribution in [0, 0.1) is 0 Å². The summed E-state index contributed by atoms with van der Waals surface area (Å²) < 4.78 is 0. The number of hydrogen-bond donors (Lipinski definition) is 2. The van der Waals surface area contributed by atoms with E-state index in [1.807, 2.05) is 12.1 Å². The van der Waals surface area contributed by atoms with Gasteiger partial charge in [-0.3, -0.25) is 0 Å². The lowest BCUT2D eigenvalue weighted by atomic mass is 10.2. The van der Waals surface area contributed by atoms with Crippen molar-refractivity contribution in [3.05, 3.63) is 29.0 Å². The third-order valence-electron chi connectivity index (χ3n) is 1.89. The lowest BCUT2D eigenvalue weighted by molar-refractivity contribution is 0.183. The minimum absolute atomic E-state index is 0.258. The fourth-order valence-electron chi connectivity index (χ4n) is 1.09. The molecule has 1 aromatic rings. The van der Waals surface area contributed by atoms with Crippen molar-refractivity contribution in [2.45, 2.75) is 26.0 Å². The van der Waals surface area contributed by atoms with Gasteiger partial charge in [-0.05, 0) is 26.0 Å². The normalized spacial score (nSPS) is 12.8. The number of nitrogens with zero attached hydrogens (tertiary/aromatic N) is 1. The van der Waals surface area contributed by atoms with Crippen LogP contribution >= 0.6 is 11.6 Å². The maximum atomic E-state index is 9.03. The molecule has 1 atom stereocenters. The van der Waals surface area contributed by atoms with Gasteiger partial charge in [-0.15, -0.1) is 0 Å². The van der Waals surface area contributed by atoms with Gasteiger partial charge < -0.3 is 10.4 Å². The average Bonchev–Trinajstić information content (AvgIpc) is 2.15. The van der Waals surface area contributed by atoms with Crippen LogP contribution in [0.5, 0.6) is 0 Å². The fourth-order valence-corrected chi connectivity index (χ4v) is 1.27. The monoisotopic (exact) mass is 214 g/mol. The lowest BCUT2D eigenvalue weighted by Crippen LogP contribution is -2.18. The van der Waals surface area contributed by atoms with Gasteiger partial charge in [0.2, 0.25) is 0 Å². The zero-order chi connectivity index (χ0) is 10.4. The van der Waals surface area contributed by atoms with Crippen LogP contribution in [-0.2, 0) is 6.54 Å². The summed E-state index contributed by atoms with van der Waals surface area (Å²) in [5.41, 5.74) is 0.986. The molecule has 1 aromatic heterocycles. The van der Waals surface area contributed by atoms with Gasteiger partial charge in [0.05, 0.1) is 6.10 Å². The first-order valence-corrected chi connectivity index (χ1v) is 5.06. The van der Waals surface area contributed by atoms with Crippen molar-refractivity contribution in [3.63, 3.8) is 0 Å². The van der Waals surface area contributed by atoms with Crippen LogP contribution in [0.15, 0.2) is 18.3 Å². The summed E-state index contributed by atoms with van der Waals surface area (Å²) in [6.07, 6.45) is 2.16. The van der Waals surface area contributed by atoms with Crippen molar-refractivity contribution >= 4 is 11.6 Å². The summed E-state index contributed by atoms with van der Waals surface area (Å²) in [6.45, 7) is 3.25. The lowest BCUT2D eigenvalue weighted by Gasteiger charge is -2.07. The molecule has 0 radical (unpaired) electrons. The summed E-state index contributed by atoms with van der Waals surface area (Å²) in [6, 6.07) is 3.79. The molecule has 0 aliphatic carbocycles. The van der Waals surface area contributed by atoms with Crippen molar-refractivity contribution in [1.82, 2.24) is 10.3 Å². The first kappa shape index (κ1) is 11.4. The Morgan fingerprint density at radius 1 is 1.64 bits per heavy atom. The van der Waals surface area contributed by atoms with Gasteiger partial charge in [0, 0.05) is 18.3 Å². The summed E-state index contributed by atoms with van der Waals surface area (Å²) >= 11 is 5.87. The molecule has 0 aliphatic heterocycles. The summed E-state index contributed by atoms with van der Waals surface area (Å²) in [4.78, 5) is 3.97. The van der Waals surface area contributed by atoms with Gasteiger partial charge in [0.1, 0.15) is 5.15 Å². The second kappa shape index (κ2) is 5.96. The first-order chi connectivity index (χ1) is 6.70. The molecule has 2 N–H and O–H groups in total. The number of nitrogens with one attached hydrogen (secondary N) is 1. The smallest absolute Gasteiger partial charge is 0.133 e. The Hall–Kier alpha value is -0.640. The predicted octanol–water partition coefficient (Wildman–Crippen LogP) is 1.60. The second-order valence-corrected chi connectivity index (χ2v) is 3.63. The molecule has 78 valence electrons. The molecule has 1 unspecified atom stereocenters. The number of aliphatic hydroxyl groups is 1. The van der Waals surface area contributed by atoms with E-state index in [1.54, 1.807) is 13.1 Å². The van der Waals surface area contributed by atoms with Crippen molar-refractivity contribution < 1.29 is 5.11 Å². The molecule has 14 heavy (non-hydrogen) atoms. The molecule has 0 aromatic carbocycles. The third-order valence-corrected chi connectivity index (χ3v) is 2.23. The topological polar surface area (TPSA) is 45.1 Å². The van der Waals surface area contributed by atoms with Crippen LogP contribution in [0.4, 0.5) is 0 Å². The van der Waals surface area contributed by atoms with Gasteiger partial charge in [-0.1, -0.05) is 17.7 Å². The van der Waals surface area contributed by atoms with E-state index >= 15 is 0 Å². The van der Waals surface area contributed by atoms with Crippen molar-refractivity contribution in [3.8, 4) is 0 Å². The molecule has 3 nitrogen and oxygen atoms in total. The van der Waals surface area contributed by atoms with Crippen LogP contribution in [0.3, 0.4) is 0 Å². The highest BCUT2D eigenvalue weighted by Crippen LogP contribution is 2.10. The van der Waals surface area contributed by atoms with E-state index in [1.165, 1.54) is 0 Å². The molecule has 4 heteroatoms. The molecule has 0 saturated carbocycles. The zero-order valence-corrected chi connectivity index (χ0v) is 8.96. The SMILES string of the molecule is CC(O)CCNCc1cccnc1Cl. The fraction of sp³-hybridized carbons (Fsp3) is 0.500. The molecular weight excluding hydrogens is 200 g/mol. The number of rotatable bonds is 5. The standard InChI is InChI=1S/C10H15ClN2O/c1-8(14)4-6-12-7-9-3-2-5-13-10(9)11/h2-3,5,8,12,14H,4,6-7H2,1H3. The molecular formula is C10H15ClN2O. The van der Waals surface area contributed by atoms with Crippen LogP contribution < -0.4 is 5.32 Å². The van der Waals surface area contributed by atoms with E-state index in [4.69, 9.17) is 16.7 Å². The van der Waals surface area contributed by atoms with Crippen molar-refractivity contribution in [1.29, 1.82) is 0 Å². The number of aliphatic hydroxyl groups excluding tert-OH is 1. The minimum Gasteiger partial charge on any atom is -0.393 e. The second-order valence-electron chi connectivity index (χ2n) is 3.27. The maximum absolute atomic E-state index is 9.03. The van der Waals surface area contributed by atoms with Crippen molar-refractivity contribution in [2.75, 3.05) is 6.54 Å². The van der Waals surface area contributed by atoms with E-state index in [-0.39, 0.29) is 6.10 Å². The van der Waals surface area contributed by atoms with Gasteiger partial charge in [-0.2, -0.15) is 0 Å². The number of halogens is 1. The molecule has 1 heterocycles. The van der Waals surface area contributed by atoms with Crippen LogP contribution in [0.25, 0.3) is 0 Å². The summed E-state index contributed by atoms with van der Waals surface area (Å²) in [5.74, 6) is 0. The highest BCUT2D eigenvalue weighted by Gasteiger charge is 1.99. The Labute approximate surface area is 89.1 Å². The minimum atomic E-state index is -0.258. The third kappa shape index (κ3) is 4.05. The Morgan fingerprint density at radius 2 is 2.43 bits per heavy atom. The summed E-state index contributed by atoms with van der Waals surface area (Å²) in [7, 11) is 0. The maximum Gasteiger partial charge on any atom is 0.133 e. The summed E-state index contributed by atoms with van der Waals surface area (Å²) in [5, 5.41) is 12.8. The molecule has 0 spiro atoms. The highest BCUT2D eigenvalue weighted by atomic mass is 35.5. The average molecular weight is 215 g/mol.